The van der Waals surface area contributed by atoms with Crippen molar-refractivity contribution in [1.82, 2.24) is 5.32 Å². The fraction of sp³-hybridized carbons (Fsp3) is 0.320. The molecule has 0 unspecified atom stereocenters. The van der Waals surface area contributed by atoms with Gasteiger partial charge in [0.1, 0.15) is 5.60 Å². The first-order valence-electron chi connectivity index (χ1n) is 9.84. The largest absolute Gasteiger partial charge is 0.444 e. The number of hydrogen-bond acceptors (Lipinski definition) is 3. The van der Waals surface area contributed by atoms with E-state index in [9.17, 15) is 4.79 Å². The summed E-state index contributed by atoms with van der Waals surface area (Å²) in [5.41, 5.74) is 1.59. The maximum atomic E-state index is 12.4. The fourth-order valence-electron chi connectivity index (χ4n) is 2.73. The molecule has 0 aliphatic heterocycles. The van der Waals surface area contributed by atoms with E-state index in [-0.39, 0.29) is 12.0 Å². The number of hydrogen-bond donors (Lipinski definition) is 1. The van der Waals surface area contributed by atoms with Crippen LogP contribution in [-0.2, 0) is 16.1 Å². The van der Waals surface area contributed by atoms with E-state index in [0.29, 0.717) is 13.2 Å². The summed E-state index contributed by atoms with van der Waals surface area (Å²) in [6.45, 7) is 10.4. The molecule has 2 aromatic carbocycles. The van der Waals surface area contributed by atoms with Crippen LogP contribution in [0.15, 0.2) is 79.4 Å². The molecule has 0 saturated carbocycles. The average molecular weight is 394 g/mol. The van der Waals surface area contributed by atoms with E-state index in [0.717, 1.165) is 11.1 Å². The van der Waals surface area contributed by atoms with Gasteiger partial charge in [0.05, 0.1) is 19.3 Å². The minimum absolute atomic E-state index is 0.105. The van der Waals surface area contributed by atoms with Gasteiger partial charge in [-0.3, -0.25) is 0 Å². The lowest BCUT2D eigenvalue weighted by atomic mass is 9.99. The molecule has 4 heteroatoms. The second kappa shape index (κ2) is 11.2. The van der Waals surface area contributed by atoms with Crippen LogP contribution < -0.4 is 5.32 Å². The topological polar surface area (TPSA) is 47.6 Å². The zero-order valence-electron chi connectivity index (χ0n) is 17.5. The molecule has 0 fully saturated rings. The Labute approximate surface area is 174 Å². The van der Waals surface area contributed by atoms with Crippen molar-refractivity contribution in [2.45, 2.75) is 39.0 Å². The fourth-order valence-corrected chi connectivity index (χ4v) is 2.73. The lowest BCUT2D eigenvalue weighted by Crippen LogP contribution is -2.42. The van der Waals surface area contributed by atoms with Crippen LogP contribution in [0.4, 0.5) is 4.79 Å². The van der Waals surface area contributed by atoms with Crippen molar-refractivity contribution in [3.8, 4) is 0 Å². The van der Waals surface area contributed by atoms with Gasteiger partial charge in [-0.15, -0.1) is 6.58 Å². The van der Waals surface area contributed by atoms with Gasteiger partial charge in [0.2, 0.25) is 0 Å². The molecule has 0 radical (unpaired) electrons. The second-order valence-corrected chi connectivity index (χ2v) is 7.84. The normalized spacial score (nSPS) is 13.6. The van der Waals surface area contributed by atoms with E-state index < -0.39 is 11.7 Å². The molecule has 4 nitrogen and oxygen atoms in total. The molecule has 154 valence electrons. The molecule has 1 N–H and O–H groups in total. The number of nitrogens with one attached hydrogen (secondary N) is 1. The average Bonchev–Trinajstić information content (AvgIpc) is 2.69. The summed E-state index contributed by atoms with van der Waals surface area (Å²) < 4.78 is 11.3. The SMILES string of the molecule is C=C[C@H](COCc1ccccc1)[C@H](/C=C/c1ccccc1)NC(=O)OC(C)(C)C. The highest BCUT2D eigenvalue weighted by molar-refractivity contribution is 5.69. The smallest absolute Gasteiger partial charge is 0.408 e. The third kappa shape index (κ3) is 8.79. The molecule has 0 heterocycles. The first-order chi connectivity index (χ1) is 13.9. The molecular formula is C25H31NO3. The molecule has 2 atom stereocenters. The van der Waals surface area contributed by atoms with Crippen molar-refractivity contribution in [3.05, 3.63) is 90.5 Å². The molecule has 0 spiro atoms. The Morgan fingerprint density at radius 2 is 1.69 bits per heavy atom. The van der Waals surface area contributed by atoms with E-state index in [1.54, 1.807) is 0 Å². The Morgan fingerprint density at radius 3 is 2.28 bits per heavy atom. The highest BCUT2D eigenvalue weighted by Gasteiger charge is 2.23. The summed E-state index contributed by atoms with van der Waals surface area (Å²) in [5.74, 6) is -0.105. The lowest BCUT2D eigenvalue weighted by Gasteiger charge is -2.26. The Balaban J connectivity index is 2.06. The summed E-state index contributed by atoms with van der Waals surface area (Å²) in [7, 11) is 0. The number of ether oxygens (including phenoxy) is 2. The van der Waals surface area contributed by atoms with Crippen molar-refractivity contribution < 1.29 is 14.3 Å². The molecule has 2 aromatic rings. The molecule has 0 aromatic heterocycles. The van der Waals surface area contributed by atoms with E-state index in [4.69, 9.17) is 9.47 Å². The van der Waals surface area contributed by atoms with E-state index in [2.05, 4.69) is 11.9 Å². The third-order valence-electron chi connectivity index (χ3n) is 4.16. The lowest BCUT2D eigenvalue weighted by molar-refractivity contribution is 0.0473. The van der Waals surface area contributed by atoms with Gasteiger partial charge in [-0.25, -0.2) is 4.79 Å². The molecule has 0 aliphatic carbocycles. The first-order valence-corrected chi connectivity index (χ1v) is 9.84. The summed E-state index contributed by atoms with van der Waals surface area (Å²) in [4.78, 5) is 12.4. The van der Waals surface area contributed by atoms with Gasteiger partial charge in [-0.1, -0.05) is 78.9 Å². The molecule has 0 bridgehead atoms. The van der Waals surface area contributed by atoms with Gasteiger partial charge in [-0.2, -0.15) is 0 Å². The van der Waals surface area contributed by atoms with Gasteiger partial charge in [0, 0.05) is 5.92 Å². The summed E-state index contributed by atoms with van der Waals surface area (Å²) in [6, 6.07) is 19.6. The van der Waals surface area contributed by atoms with Gasteiger partial charge >= 0.3 is 6.09 Å². The van der Waals surface area contributed by atoms with Crippen molar-refractivity contribution >= 4 is 12.2 Å². The number of benzene rings is 2. The van der Waals surface area contributed by atoms with Crippen LogP contribution in [0.1, 0.15) is 31.9 Å². The summed E-state index contributed by atoms with van der Waals surface area (Å²) in [5, 5.41) is 2.94. The van der Waals surface area contributed by atoms with Crippen LogP contribution in [0.5, 0.6) is 0 Å². The summed E-state index contributed by atoms with van der Waals surface area (Å²) >= 11 is 0. The van der Waals surface area contributed by atoms with E-state index >= 15 is 0 Å². The number of rotatable bonds is 9. The highest BCUT2D eigenvalue weighted by atomic mass is 16.6. The van der Waals surface area contributed by atoms with Crippen molar-refractivity contribution in [1.29, 1.82) is 0 Å². The standard InChI is InChI=1S/C25H31NO3/c1-5-22(19-28-18-21-14-10-7-11-15-21)23(26-24(27)29-25(2,3)4)17-16-20-12-8-6-9-13-20/h5-17,22-23H,1,18-19H2,2-4H3,(H,26,27)/b17-16+/t22-,23+/m1/s1. The van der Waals surface area contributed by atoms with Crippen LogP contribution in [-0.4, -0.2) is 24.3 Å². The number of amides is 1. The van der Waals surface area contributed by atoms with Crippen LogP contribution in [0, 0.1) is 5.92 Å². The minimum atomic E-state index is -0.564. The Bertz CT molecular complexity index is 779. The van der Waals surface area contributed by atoms with Gasteiger partial charge < -0.3 is 14.8 Å². The second-order valence-electron chi connectivity index (χ2n) is 7.84. The Hall–Kier alpha value is -2.85. The van der Waals surface area contributed by atoms with E-state index in [1.807, 2.05) is 99.7 Å². The maximum absolute atomic E-state index is 12.4. The van der Waals surface area contributed by atoms with Crippen LogP contribution in [0.2, 0.25) is 0 Å². The predicted octanol–water partition coefficient (Wildman–Crippen LogP) is 5.61. The van der Waals surface area contributed by atoms with Gasteiger partial charge in [0.25, 0.3) is 0 Å². The van der Waals surface area contributed by atoms with Crippen molar-refractivity contribution in [3.63, 3.8) is 0 Å². The predicted molar refractivity (Wildman–Crippen MR) is 118 cm³/mol. The minimum Gasteiger partial charge on any atom is -0.444 e. The zero-order chi connectivity index (χ0) is 21.1. The molecule has 0 saturated heterocycles. The molecular weight excluding hydrogens is 362 g/mol. The van der Waals surface area contributed by atoms with Crippen molar-refractivity contribution in [2.24, 2.45) is 5.92 Å². The Kier molecular flexibility index (Phi) is 8.68. The number of carbonyl (C=O) groups is 1. The number of alkyl carbamates (subject to hydrolysis) is 1. The third-order valence-corrected chi connectivity index (χ3v) is 4.16. The van der Waals surface area contributed by atoms with Crippen LogP contribution in [0.25, 0.3) is 6.08 Å². The van der Waals surface area contributed by atoms with Crippen molar-refractivity contribution in [2.75, 3.05) is 6.61 Å². The van der Waals surface area contributed by atoms with Crippen LogP contribution >= 0.6 is 0 Å². The van der Waals surface area contributed by atoms with E-state index in [1.165, 1.54) is 0 Å². The van der Waals surface area contributed by atoms with Crippen LogP contribution in [0.3, 0.4) is 0 Å². The molecule has 29 heavy (non-hydrogen) atoms. The molecule has 1 amide bonds. The summed E-state index contributed by atoms with van der Waals surface area (Å²) in [6.07, 6.45) is 5.28. The van der Waals surface area contributed by atoms with Gasteiger partial charge in [0.15, 0.2) is 0 Å². The Morgan fingerprint density at radius 1 is 1.07 bits per heavy atom. The molecule has 2 rings (SSSR count). The molecule has 0 aliphatic rings. The first kappa shape index (κ1) is 22.4. The van der Waals surface area contributed by atoms with Gasteiger partial charge in [-0.05, 0) is 31.9 Å². The number of carbonyl (C=O) groups excluding carboxylic acids is 1. The zero-order valence-corrected chi connectivity index (χ0v) is 17.5. The monoisotopic (exact) mass is 393 g/mol. The maximum Gasteiger partial charge on any atom is 0.408 e. The quantitative estimate of drug-likeness (QED) is 0.563. The highest BCUT2D eigenvalue weighted by Crippen LogP contribution is 2.14.